The number of benzene rings is 1. The van der Waals surface area contributed by atoms with Crippen LogP contribution in [0.2, 0.25) is 5.02 Å². The van der Waals surface area contributed by atoms with E-state index in [9.17, 15) is 8.42 Å². The third-order valence-electron chi connectivity index (χ3n) is 1.55. The third kappa shape index (κ3) is 3.98. The number of aliphatic hydroxyl groups is 1. The summed E-state index contributed by atoms with van der Waals surface area (Å²) < 4.78 is 25.6. The molecule has 0 fully saturated rings. The molecule has 0 saturated carbocycles. The Morgan fingerprint density at radius 1 is 1.47 bits per heavy atom. The summed E-state index contributed by atoms with van der Waals surface area (Å²) in [6.45, 7) is -0.430. The van der Waals surface area contributed by atoms with E-state index in [1.165, 1.54) is 0 Å². The van der Waals surface area contributed by atoms with Crippen LogP contribution < -0.4 is 4.72 Å². The molecule has 2 N–H and O–H groups in total. The largest absolute Gasteiger partial charge is 0.395 e. The normalized spacial score (nSPS) is 11.4. The van der Waals surface area contributed by atoms with Gasteiger partial charge in [-0.25, -0.2) is 8.42 Å². The molecule has 7 heteroatoms. The van der Waals surface area contributed by atoms with Crippen LogP contribution in [0.5, 0.6) is 0 Å². The number of aliphatic hydroxyl groups excluding tert-OH is 1. The molecular formula is C8H9BrClNO3S. The molecule has 1 rings (SSSR count). The Hall–Kier alpha value is -0.300. The lowest BCUT2D eigenvalue weighted by molar-refractivity contribution is 0.320. The summed E-state index contributed by atoms with van der Waals surface area (Å²) in [7, 11) is -3.53. The zero-order chi connectivity index (χ0) is 11.5. The van der Waals surface area contributed by atoms with Gasteiger partial charge in [0.05, 0.1) is 23.1 Å². The van der Waals surface area contributed by atoms with Crippen LogP contribution >= 0.6 is 27.5 Å². The van der Waals surface area contributed by atoms with Crippen molar-refractivity contribution >= 4 is 43.2 Å². The van der Waals surface area contributed by atoms with Crippen molar-refractivity contribution in [3.05, 3.63) is 27.7 Å². The number of anilines is 1. The van der Waals surface area contributed by atoms with Gasteiger partial charge in [-0.15, -0.1) is 0 Å². The van der Waals surface area contributed by atoms with Crippen molar-refractivity contribution in [1.29, 1.82) is 0 Å². The SMILES string of the molecule is O=S(=O)(CCO)Nc1cc(Br)ccc1Cl. The Morgan fingerprint density at radius 2 is 2.13 bits per heavy atom. The Kier molecular flexibility index (Phi) is 4.39. The van der Waals surface area contributed by atoms with Gasteiger partial charge in [-0.05, 0) is 18.2 Å². The molecule has 0 aliphatic rings. The van der Waals surface area contributed by atoms with Crippen LogP contribution in [0.4, 0.5) is 5.69 Å². The van der Waals surface area contributed by atoms with Gasteiger partial charge in [-0.1, -0.05) is 27.5 Å². The molecule has 15 heavy (non-hydrogen) atoms. The van der Waals surface area contributed by atoms with Crippen molar-refractivity contribution < 1.29 is 13.5 Å². The molecule has 4 nitrogen and oxygen atoms in total. The summed E-state index contributed by atoms with van der Waals surface area (Å²) in [5, 5.41) is 8.85. The Morgan fingerprint density at radius 3 is 2.73 bits per heavy atom. The summed E-state index contributed by atoms with van der Waals surface area (Å²) in [6, 6.07) is 4.83. The predicted molar refractivity (Wildman–Crippen MR) is 63.6 cm³/mol. The zero-order valence-electron chi connectivity index (χ0n) is 7.57. The molecular weight excluding hydrogens is 306 g/mol. The molecule has 0 heterocycles. The standard InChI is InChI=1S/C8H9BrClNO3S/c9-6-1-2-7(10)8(5-6)11-15(13,14)4-3-12/h1-2,5,11-12H,3-4H2. The van der Waals surface area contributed by atoms with Crippen LogP contribution in [0.15, 0.2) is 22.7 Å². The van der Waals surface area contributed by atoms with Gasteiger partial charge in [-0.2, -0.15) is 0 Å². The van der Waals surface area contributed by atoms with Crippen molar-refractivity contribution in [1.82, 2.24) is 0 Å². The lowest BCUT2D eigenvalue weighted by Crippen LogP contribution is -2.19. The molecule has 1 aromatic rings. The summed E-state index contributed by atoms with van der Waals surface area (Å²) in [4.78, 5) is 0. The fourth-order valence-electron chi connectivity index (χ4n) is 0.914. The Bertz CT molecular complexity index is 449. The highest BCUT2D eigenvalue weighted by molar-refractivity contribution is 9.10. The number of sulfonamides is 1. The van der Waals surface area contributed by atoms with E-state index in [1.807, 2.05) is 0 Å². The van der Waals surface area contributed by atoms with Gasteiger partial charge in [-0.3, -0.25) is 4.72 Å². The van der Waals surface area contributed by atoms with Gasteiger partial charge >= 0.3 is 0 Å². The fourth-order valence-corrected chi connectivity index (χ4v) is 2.34. The maximum absolute atomic E-state index is 11.3. The van der Waals surface area contributed by atoms with Gasteiger partial charge in [0.15, 0.2) is 0 Å². The Labute approximate surface area is 101 Å². The van der Waals surface area contributed by atoms with Crippen LogP contribution in [-0.4, -0.2) is 25.9 Å². The first-order valence-electron chi connectivity index (χ1n) is 4.01. The molecule has 1 aromatic carbocycles. The van der Waals surface area contributed by atoms with E-state index in [1.54, 1.807) is 18.2 Å². The molecule has 0 unspecified atom stereocenters. The molecule has 0 atom stereocenters. The van der Waals surface area contributed by atoms with E-state index >= 15 is 0 Å². The first-order valence-corrected chi connectivity index (χ1v) is 6.83. The number of nitrogens with one attached hydrogen (secondary N) is 1. The highest BCUT2D eigenvalue weighted by Gasteiger charge is 2.11. The molecule has 0 aromatic heterocycles. The number of hydrogen-bond donors (Lipinski definition) is 2. The van der Waals surface area contributed by atoms with Gasteiger partial charge in [0.2, 0.25) is 10.0 Å². The zero-order valence-corrected chi connectivity index (χ0v) is 10.7. The minimum Gasteiger partial charge on any atom is -0.395 e. The molecule has 0 bridgehead atoms. The highest BCUT2D eigenvalue weighted by atomic mass is 79.9. The minimum atomic E-state index is -3.53. The van der Waals surface area contributed by atoms with Crippen molar-refractivity contribution in [2.45, 2.75) is 0 Å². The summed E-state index contributed by atoms with van der Waals surface area (Å²) in [5.74, 6) is -0.351. The topological polar surface area (TPSA) is 66.4 Å². The van der Waals surface area contributed by atoms with E-state index in [-0.39, 0.29) is 5.75 Å². The average Bonchev–Trinajstić information content (AvgIpc) is 2.10. The molecule has 0 saturated heterocycles. The average molecular weight is 315 g/mol. The Balaban J connectivity index is 2.94. The summed E-state index contributed by atoms with van der Waals surface area (Å²) in [5.41, 5.74) is 0.291. The second-order valence-corrected chi connectivity index (χ2v) is 5.93. The lowest BCUT2D eigenvalue weighted by Gasteiger charge is -2.08. The maximum Gasteiger partial charge on any atom is 0.235 e. The minimum absolute atomic E-state index is 0.291. The van der Waals surface area contributed by atoms with E-state index in [0.717, 1.165) is 0 Å². The number of halogens is 2. The van der Waals surface area contributed by atoms with Crippen LogP contribution in [0.3, 0.4) is 0 Å². The molecule has 0 spiro atoms. The van der Waals surface area contributed by atoms with Crippen molar-refractivity contribution in [2.75, 3.05) is 17.1 Å². The van der Waals surface area contributed by atoms with Crippen LogP contribution in [-0.2, 0) is 10.0 Å². The maximum atomic E-state index is 11.3. The van der Waals surface area contributed by atoms with Crippen LogP contribution in [0.25, 0.3) is 0 Å². The van der Waals surface area contributed by atoms with Crippen LogP contribution in [0.1, 0.15) is 0 Å². The lowest BCUT2D eigenvalue weighted by atomic mass is 10.3. The van der Waals surface area contributed by atoms with Crippen molar-refractivity contribution in [2.24, 2.45) is 0 Å². The first kappa shape index (κ1) is 12.8. The van der Waals surface area contributed by atoms with Gasteiger partial charge in [0.1, 0.15) is 0 Å². The van der Waals surface area contributed by atoms with E-state index < -0.39 is 16.6 Å². The molecule has 0 aliphatic carbocycles. The van der Waals surface area contributed by atoms with E-state index in [4.69, 9.17) is 16.7 Å². The molecule has 0 radical (unpaired) electrons. The fraction of sp³-hybridized carbons (Fsp3) is 0.250. The molecule has 0 aliphatic heterocycles. The van der Waals surface area contributed by atoms with Crippen molar-refractivity contribution in [3.63, 3.8) is 0 Å². The van der Waals surface area contributed by atoms with Crippen molar-refractivity contribution in [3.8, 4) is 0 Å². The quantitative estimate of drug-likeness (QED) is 0.891. The summed E-state index contributed by atoms with van der Waals surface area (Å²) >= 11 is 8.99. The second kappa shape index (κ2) is 5.16. The highest BCUT2D eigenvalue weighted by Crippen LogP contribution is 2.26. The van der Waals surface area contributed by atoms with Gasteiger partial charge in [0, 0.05) is 4.47 Å². The number of hydrogen-bond acceptors (Lipinski definition) is 3. The predicted octanol–water partition coefficient (Wildman–Crippen LogP) is 1.84. The monoisotopic (exact) mass is 313 g/mol. The van der Waals surface area contributed by atoms with Gasteiger partial charge in [0.25, 0.3) is 0 Å². The summed E-state index contributed by atoms with van der Waals surface area (Å²) in [6.07, 6.45) is 0. The first-order chi connectivity index (χ1) is 6.94. The molecule has 84 valence electrons. The molecule has 0 amide bonds. The van der Waals surface area contributed by atoms with E-state index in [0.29, 0.717) is 15.2 Å². The van der Waals surface area contributed by atoms with Gasteiger partial charge < -0.3 is 5.11 Å². The second-order valence-electron chi connectivity index (χ2n) is 2.77. The smallest absolute Gasteiger partial charge is 0.235 e. The van der Waals surface area contributed by atoms with Crippen LogP contribution in [0, 0.1) is 0 Å². The number of rotatable bonds is 4. The third-order valence-corrected chi connectivity index (χ3v) is 3.63. The van der Waals surface area contributed by atoms with E-state index in [2.05, 4.69) is 20.7 Å².